The van der Waals surface area contributed by atoms with Gasteiger partial charge < -0.3 is 14.4 Å². The summed E-state index contributed by atoms with van der Waals surface area (Å²) in [7, 11) is 0. The zero-order chi connectivity index (χ0) is 21.0. The molecule has 2 aromatic rings. The van der Waals surface area contributed by atoms with Crippen LogP contribution in [0.5, 0.6) is 5.75 Å². The molecule has 1 amide bonds. The van der Waals surface area contributed by atoms with Gasteiger partial charge in [-0.1, -0.05) is 11.8 Å². The normalized spacial score (nSPS) is 15.8. The SMILES string of the molecule is Cc1cc(F)cc(C#Cc2cncc(OCC3CCN3C(=O)OC(C)(C)C)c2)c1. The fourth-order valence-corrected chi connectivity index (χ4v) is 2.89. The Labute approximate surface area is 170 Å². The first-order valence-electron chi connectivity index (χ1n) is 9.56. The van der Waals surface area contributed by atoms with Gasteiger partial charge in [0.25, 0.3) is 0 Å². The van der Waals surface area contributed by atoms with E-state index in [0.29, 0.717) is 30.0 Å². The highest BCUT2D eigenvalue weighted by Gasteiger charge is 2.35. The Morgan fingerprint density at radius 2 is 1.97 bits per heavy atom. The van der Waals surface area contributed by atoms with Crippen molar-refractivity contribution in [3.05, 3.63) is 59.2 Å². The summed E-state index contributed by atoms with van der Waals surface area (Å²) in [5.74, 6) is 6.19. The summed E-state index contributed by atoms with van der Waals surface area (Å²) in [6, 6.07) is 6.45. The Bertz CT molecular complexity index is 936. The summed E-state index contributed by atoms with van der Waals surface area (Å²) >= 11 is 0. The number of aromatic nitrogens is 1. The van der Waals surface area contributed by atoms with Crippen LogP contribution in [0.1, 0.15) is 43.9 Å². The Hall–Kier alpha value is -3.07. The van der Waals surface area contributed by atoms with Crippen LogP contribution in [-0.4, -0.2) is 40.8 Å². The number of hydrogen-bond acceptors (Lipinski definition) is 4. The third-order valence-electron chi connectivity index (χ3n) is 4.32. The quantitative estimate of drug-likeness (QED) is 0.725. The van der Waals surface area contributed by atoms with Crippen LogP contribution in [-0.2, 0) is 4.74 Å². The van der Waals surface area contributed by atoms with E-state index in [1.54, 1.807) is 23.4 Å². The Kier molecular flexibility index (Phi) is 6.07. The first kappa shape index (κ1) is 20.7. The van der Waals surface area contributed by atoms with Crippen molar-refractivity contribution >= 4 is 6.09 Å². The number of likely N-dealkylation sites (tertiary alicyclic amines) is 1. The molecule has 152 valence electrons. The molecule has 0 spiro atoms. The first-order valence-corrected chi connectivity index (χ1v) is 9.56. The zero-order valence-corrected chi connectivity index (χ0v) is 17.2. The number of amides is 1. The fraction of sp³-hybridized carbons (Fsp3) is 0.391. The lowest BCUT2D eigenvalue weighted by Gasteiger charge is -2.40. The fourth-order valence-electron chi connectivity index (χ4n) is 2.89. The van der Waals surface area contributed by atoms with Gasteiger partial charge in [-0.25, -0.2) is 9.18 Å². The monoisotopic (exact) mass is 396 g/mol. The maximum atomic E-state index is 13.5. The summed E-state index contributed by atoms with van der Waals surface area (Å²) in [6.45, 7) is 8.39. The van der Waals surface area contributed by atoms with Gasteiger partial charge in [0.05, 0.1) is 12.2 Å². The molecule has 1 fully saturated rings. The standard InChI is InChI=1S/C23H25FN2O3/c1-16-9-17(11-19(24)10-16)5-6-18-12-21(14-25-13-18)28-15-20-7-8-26(20)22(27)29-23(2,3)4/h9-14,20H,7-8,15H2,1-4H3. The summed E-state index contributed by atoms with van der Waals surface area (Å²) in [6.07, 6.45) is 3.78. The number of benzene rings is 1. The van der Waals surface area contributed by atoms with E-state index in [1.165, 1.54) is 12.1 Å². The topological polar surface area (TPSA) is 51.7 Å². The largest absolute Gasteiger partial charge is 0.490 e. The summed E-state index contributed by atoms with van der Waals surface area (Å²) < 4.78 is 24.7. The van der Waals surface area contributed by atoms with Crippen LogP contribution in [0.15, 0.2) is 36.7 Å². The minimum atomic E-state index is -0.519. The first-order chi connectivity index (χ1) is 13.7. The van der Waals surface area contributed by atoms with Gasteiger partial charge in [-0.3, -0.25) is 4.98 Å². The number of ether oxygens (including phenoxy) is 2. The zero-order valence-electron chi connectivity index (χ0n) is 17.2. The molecule has 0 saturated carbocycles. The molecule has 3 rings (SSSR count). The molecular weight excluding hydrogens is 371 g/mol. The van der Waals surface area contributed by atoms with Crippen LogP contribution in [0.2, 0.25) is 0 Å². The molecule has 1 unspecified atom stereocenters. The molecule has 1 aromatic heterocycles. The van der Waals surface area contributed by atoms with Crippen molar-refractivity contribution in [1.29, 1.82) is 0 Å². The smallest absolute Gasteiger partial charge is 0.410 e. The minimum Gasteiger partial charge on any atom is -0.490 e. The van der Waals surface area contributed by atoms with Gasteiger partial charge >= 0.3 is 6.09 Å². The van der Waals surface area contributed by atoms with Gasteiger partial charge in [-0.15, -0.1) is 0 Å². The van der Waals surface area contributed by atoms with E-state index in [9.17, 15) is 9.18 Å². The number of aryl methyl sites for hydroxylation is 1. The van der Waals surface area contributed by atoms with Gasteiger partial charge in [-0.2, -0.15) is 0 Å². The summed E-state index contributed by atoms with van der Waals surface area (Å²) in [4.78, 5) is 18.0. The van der Waals surface area contributed by atoms with Crippen LogP contribution < -0.4 is 4.74 Å². The highest BCUT2D eigenvalue weighted by molar-refractivity contribution is 5.69. The molecule has 1 aliphatic heterocycles. The molecule has 2 heterocycles. The minimum absolute atomic E-state index is 0.0186. The van der Waals surface area contributed by atoms with E-state index < -0.39 is 5.60 Å². The van der Waals surface area contributed by atoms with Crippen molar-refractivity contribution in [1.82, 2.24) is 9.88 Å². The number of rotatable bonds is 3. The molecule has 0 radical (unpaired) electrons. The Balaban J connectivity index is 1.60. The van der Waals surface area contributed by atoms with E-state index in [-0.39, 0.29) is 18.0 Å². The van der Waals surface area contributed by atoms with E-state index in [2.05, 4.69) is 16.8 Å². The van der Waals surface area contributed by atoms with Crippen LogP contribution in [0, 0.1) is 24.6 Å². The van der Waals surface area contributed by atoms with Gasteiger partial charge in [0.15, 0.2) is 0 Å². The van der Waals surface area contributed by atoms with Gasteiger partial charge in [0.2, 0.25) is 0 Å². The van der Waals surface area contributed by atoms with E-state index >= 15 is 0 Å². The van der Waals surface area contributed by atoms with Crippen LogP contribution in [0.4, 0.5) is 9.18 Å². The molecule has 0 aliphatic carbocycles. The van der Waals surface area contributed by atoms with E-state index in [1.807, 2.05) is 33.8 Å². The molecule has 0 bridgehead atoms. The average molecular weight is 396 g/mol. The molecule has 0 N–H and O–H groups in total. The number of nitrogens with zero attached hydrogens (tertiary/aromatic N) is 2. The predicted molar refractivity (Wildman–Crippen MR) is 108 cm³/mol. The van der Waals surface area contributed by atoms with Crippen molar-refractivity contribution in [2.45, 2.75) is 45.8 Å². The highest BCUT2D eigenvalue weighted by atomic mass is 19.1. The molecule has 1 aliphatic rings. The summed E-state index contributed by atoms with van der Waals surface area (Å²) in [5, 5.41) is 0. The lowest BCUT2D eigenvalue weighted by molar-refractivity contribution is -0.0141. The molecule has 1 saturated heterocycles. The number of halogens is 1. The van der Waals surface area contributed by atoms with E-state index in [4.69, 9.17) is 9.47 Å². The average Bonchev–Trinajstić information content (AvgIpc) is 2.57. The maximum Gasteiger partial charge on any atom is 0.410 e. The summed E-state index contributed by atoms with van der Waals surface area (Å²) in [5.41, 5.74) is 1.58. The Morgan fingerprint density at radius 3 is 2.62 bits per heavy atom. The van der Waals surface area contributed by atoms with Crippen LogP contribution in [0.25, 0.3) is 0 Å². The van der Waals surface area contributed by atoms with Crippen molar-refractivity contribution in [2.75, 3.05) is 13.2 Å². The number of carbonyl (C=O) groups excluding carboxylic acids is 1. The second-order valence-electron chi connectivity index (χ2n) is 8.10. The predicted octanol–water partition coefficient (Wildman–Crippen LogP) is 4.32. The van der Waals surface area contributed by atoms with Crippen molar-refractivity contribution in [3.63, 3.8) is 0 Å². The molecule has 6 heteroatoms. The molecule has 5 nitrogen and oxygen atoms in total. The van der Waals surface area contributed by atoms with Gasteiger partial charge in [0.1, 0.15) is 23.8 Å². The Morgan fingerprint density at radius 1 is 1.21 bits per heavy atom. The molecular formula is C23H25FN2O3. The third-order valence-corrected chi connectivity index (χ3v) is 4.32. The lowest BCUT2D eigenvalue weighted by atomic mass is 10.1. The van der Waals surface area contributed by atoms with Crippen molar-refractivity contribution in [3.8, 4) is 17.6 Å². The van der Waals surface area contributed by atoms with Gasteiger partial charge in [-0.05, 0) is 63.9 Å². The van der Waals surface area contributed by atoms with Crippen molar-refractivity contribution < 1.29 is 18.7 Å². The van der Waals surface area contributed by atoms with E-state index in [0.717, 1.165) is 12.0 Å². The number of pyridine rings is 1. The third kappa shape index (κ3) is 5.95. The number of hydrogen-bond donors (Lipinski definition) is 0. The second-order valence-corrected chi connectivity index (χ2v) is 8.10. The van der Waals surface area contributed by atoms with Gasteiger partial charge in [0, 0.05) is 23.9 Å². The molecule has 1 aromatic carbocycles. The molecule has 29 heavy (non-hydrogen) atoms. The van der Waals surface area contributed by atoms with Crippen molar-refractivity contribution in [2.24, 2.45) is 0 Å². The maximum absolute atomic E-state index is 13.5. The van der Waals surface area contributed by atoms with Crippen LogP contribution >= 0.6 is 0 Å². The van der Waals surface area contributed by atoms with Crippen LogP contribution in [0.3, 0.4) is 0 Å². The lowest BCUT2D eigenvalue weighted by Crippen LogP contribution is -2.55. The number of carbonyl (C=O) groups is 1. The highest BCUT2D eigenvalue weighted by Crippen LogP contribution is 2.22. The molecule has 1 atom stereocenters. The second kappa shape index (κ2) is 8.52.